The van der Waals surface area contributed by atoms with Gasteiger partial charge in [0.15, 0.2) is 5.82 Å². The lowest BCUT2D eigenvalue weighted by atomic mass is 9.94. The standard InChI is InChI=1S/C17H17ClN4O3/c1-9-8-13(21-25-9)19-16(23)14-10(2)22(3)17(24)20-15(14)11-4-6-12(18)7-5-11/h4-8,15H,1-3H3,(H,20,24)(H,19,21,23)/t15-/m0/s1. The number of allylic oxidation sites excluding steroid dienone is 1. The Morgan fingerprint density at radius 3 is 2.60 bits per heavy atom. The van der Waals surface area contributed by atoms with Crippen LogP contribution in [0.5, 0.6) is 0 Å². The van der Waals surface area contributed by atoms with Crippen molar-refractivity contribution in [3.63, 3.8) is 0 Å². The van der Waals surface area contributed by atoms with Gasteiger partial charge in [-0.05, 0) is 31.5 Å². The minimum Gasteiger partial charge on any atom is -0.360 e. The van der Waals surface area contributed by atoms with Crippen molar-refractivity contribution in [2.45, 2.75) is 19.9 Å². The largest absolute Gasteiger partial charge is 0.360 e. The molecule has 1 aliphatic heterocycles. The van der Waals surface area contributed by atoms with Gasteiger partial charge in [-0.3, -0.25) is 4.79 Å². The average molecular weight is 361 g/mol. The van der Waals surface area contributed by atoms with Crippen LogP contribution in [-0.2, 0) is 4.79 Å². The van der Waals surface area contributed by atoms with Crippen LogP contribution in [0.2, 0.25) is 5.02 Å². The molecule has 8 heteroatoms. The number of urea groups is 1. The van der Waals surface area contributed by atoms with E-state index in [4.69, 9.17) is 16.1 Å². The maximum atomic E-state index is 12.8. The first-order chi connectivity index (χ1) is 11.9. The van der Waals surface area contributed by atoms with Crippen molar-refractivity contribution in [1.82, 2.24) is 15.4 Å². The Balaban J connectivity index is 1.99. The summed E-state index contributed by atoms with van der Waals surface area (Å²) in [5.41, 5.74) is 1.73. The van der Waals surface area contributed by atoms with Crippen LogP contribution in [-0.4, -0.2) is 29.0 Å². The van der Waals surface area contributed by atoms with Gasteiger partial charge < -0.3 is 20.1 Å². The van der Waals surface area contributed by atoms with Gasteiger partial charge in [-0.25, -0.2) is 4.79 Å². The first-order valence-electron chi connectivity index (χ1n) is 7.62. The van der Waals surface area contributed by atoms with Crippen molar-refractivity contribution in [2.24, 2.45) is 0 Å². The molecule has 130 valence electrons. The molecule has 1 aliphatic rings. The van der Waals surface area contributed by atoms with Gasteiger partial charge in [-0.1, -0.05) is 28.9 Å². The molecule has 2 aromatic rings. The van der Waals surface area contributed by atoms with Crippen LogP contribution >= 0.6 is 11.6 Å². The lowest BCUT2D eigenvalue weighted by Gasteiger charge is -2.33. The Morgan fingerprint density at radius 1 is 1.32 bits per heavy atom. The first kappa shape index (κ1) is 17.0. The molecule has 1 atom stereocenters. The normalized spacial score (nSPS) is 17.5. The molecule has 0 saturated heterocycles. The second-order valence-electron chi connectivity index (χ2n) is 5.77. The molecule has 0 unspecified atom stereocenters. The highest BCUT2D eigenvalue weighted by Gasteiger charge is 2.34. The highest BCUT2D eigenvalue weighted by molar-refractivity contribution is 6.30. The maximum Gasteiger partial charge on any atom is 0.322 e. The number of aromatic nitrogens is 1. The number of amides is 3. The summed E-state index contributed by atoms with van der Waals surface area (Å²) in [5, 5.41) is 9.89. The van der Waals surface area contributed by atoms with Crippen LogP contribution in [0.1, 0.15) is 24.3 Å². The number of hydrogen-bond donors (Lipinski definition) is 2. The van der Waals surface area contributed by atoms with Crippen LogP contribution in [0.25, 0.3) is 0 Å². The zero-order valence-corrected chi connectivity index (χ0v) is 14.7. The van der Waals surface area contributed by atoms with Gasteiger partial charge in [-0.2, -0.15) is 0 Å². The third kappa shape index (κ3) is 3.36. The predicted molar refractivity (Wildman–Crippen MR) is 93.1 cm³/mol. The van der Waals surface area contributed by atoms with Gasteiger partial charge in [0.05, 0.1) is 11.6 Å². The van der Waals surface area contributed by atoms with E-state index in [1.54, 1.807) is 51.2 Å². The topological polar surface area (TPSA) is 87.5 Å². The molecule has 3 amide bonds. The molecule has 0 bridgehead atoms. The number of anilines is 1. The zero-order chi connectivity index (χ0) is 18.1. The summed E-state index contributed by atoms with van der Waals surface area (Å²) in [6.07, 6.45) is 0. The summed E-state index contributed by atoms with van der Waals surface area (Å²) in [5.74, 6) is 0.541. The lowest BCUT2D eigenvalue weighted by Crippen LogP contribution is -2.46. The van der Waals surface area contributed by atoms with Gasteiger partial charge in [0.25, 0.3) is 5.91 Å². The minimum absolute atomic E-state index is 0.286. The van der Waals surface area contributed by atoms with Gasteiger partial charge in [0, 0.05) is 23.8 Å². The first-order valence-corrected chi connectivity index (χ1v) is 7.99. The van der Waals surface area contributed by atoms with E-state index in [2.05, 4.69) is 15.8 Å². The number of aryl methyl sites for hydroxylation is 1. The molecule has 2 N–H and O–H groups in total. The van der Waals surface area contributed by atoms with Crippen LogP contribution in [0, 0.1) is 6.92 Å². The van der Waals surface area contributed by atoms with E-state index < -0.39 is 6.04 Å². The fraction of sp³-hybridized carbons (Fsp3) is 0.235. The highest BCUT2D eigenvalue weighted by Crippen LogP contribution is 2.31. The van der Waals surface area contributed by atoms with Crippen molar-refractivity contribution < 1.29 is 14.1 Å². The molecule has 7 nitrogen and oxygen atoms in total. The molecule has 3 rings (SSSR count). The lowest BCUT2D eigenvalue weighted by molar-refractivity contribution is -0.113. The molecule has 1 aromatic heterocycles. The highest BCUT2D eigenvalue weighted by atomic mass is 35.5. The molecule has 0 radical (unpaired) electrons. The van der Waals surface area contributed by atoms with Crippen molar-refractivity contribution in [1.29, 1.82) is 0 Å². The Labute approximate surface area is 149 Å². The Bertz CT molecular complexity index is 857. The summed E-state index contributed by atoms with van der Waals surface area (Å²) >= 11 is 5.93. The second kappa shape index (κ2) is 6.60. The van der Waals surface area contributed by atoms with E-state index >= 15 is 0 Å². The van der Waals surface area contributed by atoms with Gasteiger partial charge in [0.1, 0.15) is 5.76 Å². The van der Waals surface area contributed by atoms with E-state index in [-0.39, 0.29) is 11.9 Å². The number of carbonyl (C=O) groups is 2. The van der Waals surface area contributed by atoms with Crippen LogP contribution in [0.4, 0.5) is 10.6 Å². The summed E-state index contributed by atoms with van der Waals surface area (Å²) in [6.45, 7) is 3.46. The smallest absolute Gasteiger partial charge is 0.322 e. The molecular formula is C17H17ClN4O3. The summed E-state index contributed by atoms with van der Waals surface area (Å²) in [7, 11) is 1.61. The van der Waals surface area contributed by atoms with Gasteiger partial charge >= 0.3 is 6.03 Å². The Morgan fingerprint density at radius 2 is 2.00 bits per heavy atom. The number of hydrogen-bond acceptors (Lipinski definition) is 4. The van der Waals surface area contributed by atoms with Crippen molar-refractivity contribution in [3.8, 4) is 0 Å². The van der Waals surface area contributed by atoms with Crippen LogP contribution < -0.4 is 10.6 Å². The third-order valence-corrected chi connectivity index (χ3v) is 4.32. The van der Waals surface area contributed by atoms with E-state index in [9.17, 15) is 9.59 Å². The molecule has 1 aromatic carbocycles. The number of halogens is 1. The SMILES string of the molecule is CC1=C(C(=O)Nc2cc(C)on2)[C@H](c2ccc(Cl)cc2)NC(=O)N1C. The summed E-state index contributed by atoms with van der Waals surface area (Å²) < 4.78 is 4.97. The molecule has 25 heavy (non-hydrogen) atoms. The second-order valence-corrected chi connectivity index (χ2v) is 6.21. The van der Waals surface area contributed by atoms with Crippen molar-refractivity contribution in [3.05, 3.63) is 57.9 Å². The number of rotatable bonds is 3. The van der Waals surface area contributed by atoms with Crippen molar-refractivity contribution >= 4 is 29.4 Å². The van der Waals surface area contributed by atoms with Gasteiger partial charge in [0.2, 0.25) is 0 Å². The molecule has 0 saturated carbocycles. The number of nitrogens with one attached hydrogen (secondary N) is 2. The zero-order valence-electron chi connectivity index (χ0n) is 14.0. The van der Waals surface area contributed by atoms with Crippen molar-refractivity contribution in [2.75, 3.05) is 12.4 Å². The van der Waals surface area contributed by atoms with Crippen LogP contribution in [0.15, 0.2) is 46.1 Å². The third-order valence-electron chi connectivity index (χ3n) is 4.07. The van der Waals surface area contributed by atoms with E-state index in [1.807, 2.05) is 0 Å². The maximum absolute atomic E-state index is 12.8. The minimum atomic E-state index is -0.589. The Kier molecular flexibility index (Phi) is 4.50. The predicted octanol–water partition coefficient (Wildman–Crippen LogP) is 3.25. The molecule has 2 heterocycles. The average Bonchev–Trinajstić information content (AvgIpc) is 2.97. The number of nitrogens with zero attached hydrogens (tertiary/aromatic N) is 2. The molecular weight excluding hydrogens is 344 g/mol. The number of benzene rings is 1. The summed E-state index contributed by atoms with van der Waals surface area (Å²) in [4.78, 5) is 26.4. The quantitative estimate of drug-likeness (QED) is 0.879. The number of carbonyl (C=O) groups excluding carboxylic acids is 2. The molecule has 0 fully saturated rings. The fourth-order valence-electron chi connectivity index (χ4n) is 2.64. The van der Waals surface area contributed by atoms with Gasteiger partial charge in [-0.15, -0.1) is 0 Å². The monoisotopic (exact) mass is 360 g/mol. The molecule has 0 aliphatic carbocycles. The summed E-state index contributed by atoms with van der Waals surface area (Å²) in [6, 6.07) is 7.73. The molecule has 0 spiro atoms. The fourth-order valence-corrected chi connectivity index (χ4v) is 2.77. The van der Waals surface area contributed by atoms with E-state index in [1.165, 1.54) is 4.90 Å². The Hall–Kier alpha value is -2.80. The van der Waals surface area contributed by atoms with E-state index in [0.717, 1.165) is 5.56 Å². The van der Waals surface area contributed by atoms with E-state index in [0.29, 0.717) is 27.9 Å². The van der Waals surface area contributed by atoms with Crippen LogP contribution in [0.3, 0.4) is 0 Å².